The number of hydrogen-bond acceptors (Lipinski definition) is 3. The van der Waals surface area contributed by atoms with E-state index in [4.69, 9.17) is 0 Å². The molecule has 1 unspecified atom stereocenters. The van der Waals surface area contributed by atoms with Gasteiger partial charge in [0.2, 0.25) is 0 Å². The highest BCUT2D eigenvalue weighted by Gasteiger charge is 2.23. The molecule has 1 N–H and O–H groups in total. The molecule has 1 aromatic carbocycles. The number of carbonyl (C=O) groups excluding carboxylic acids is 2. The molecule has 0 radical (unpaired) electrons. The Bertz CT molecular complexity index is 456. The van der Waals surface area contributed by atoms with Crippen LogP contribution < -0.4 is 5.32 Å². The Hall–Kier alpha value is -1.84. The number of benzene rings is 1. The minimum atomic E-state index is -0.795. The first-order valence-electron chi connectivity index (χ1n) is 6.25. The first-order valence-corrected chi connectivity index (χ1v) is 6.25. The number of ether oxygens (including phenoxy) is 1. The van der Waals surface area contributed by atoms with Crippen molar-refractivity contribution in [1.29, 1.82) is 0 Å². The number of amides is 1. The summed E-state index contributed by atoms with van der Waals surface area (Å²) in [6, 6.07) is 8.22. The van der Waals surface area contributed by atoms with E-state index < -0.39 is 11.9 Å². The highest BCUT2D eigenvalue weighted by molar-refractivity contribution is 6.32. The maximum atomic E-state index is 11.5. The van der Waals surface area contributed by atoms with Crippen molar-refractivity contribution < 1.29 is 14.3 Å². The molecule has 2 rings (SSSR count). The quantitative estimate of drug-likeness (QED) is 0.631. The molecule has 0 bridgehead atoms. The van der Waals surface area contributed by atoms with E-state index in [1.807, 2.05) is 12.1 Å². The van der Waals surface area contributed by atoms with Crippen LogP contribution in [0.1, 0.15) is 24.5 Å². The third-order valence-corrected chi connectivity index (χ3v) is 3.14. The monoisotopic (exact) mass is 247 g/mol. The van der Waals surface area contributed by atoms with Crippen LogP contribution in [0.2, 0.25) is 0 Å². The zero-order chi connectivity index (χ0) is 13.0. The molecule has 0 spiro atoms. The first-order chi connectivity index (χ1) is 8.70. The fourth-order valence-corrected chi connectivity index (χ4v) is 2.26. The molecule has 1 atom stereocenters. The Morgan fingerprint density at radius 2 is 2.06 bits per heavy atom. The Balaban J connectivity index is 1.94. The summed E-state index contributed by atoms with van der Waals surface area (Å²) >= 11 is 0. The maximum Gasteiger partial charge on any atom is 0.396 e. The van der Waals surface area contributed by atoms with Crippen molar-refractivity contribution >= 4 is 11.9 Å². The lowest BCUT2D eigenvalue weighted by Crippen LogP contribution is -2.42. The highest BCUT2D eigenvalue weighted by atomic mass is 16.5. The van der Waals surface area contributed by atoms with Crippen LogP contribution in [0.4, 0.5) is 0 Å². The maximum absolute atomic E-state index is 11.5. The van der Waals surface area contributed by atoms with Gasteiger partial charge in [0.15, 0.2) is 0 Å². The molecular formula is C14H17NO3. The van der Waals surface area contributed by atoms with E-state index in [2.05, 4.69) is 22.2 Å². The second kappa shape index (κ2) is 5.67. The molecule has 0 saturated heterocycles. The third-order valence-electron chi connectivity index (χ3n) is 3.14. The molecule has 1 amide bonds. The average Bonchev–Trinajstić information content (AvgIpc) is 2.39. The lowest BCUT2D eigenvalue weighted by atomic mass is 9.88. The summed E-state index contributed by atoms with van der Waals surface area (Å²) in [5, 5.41) is 2.73. The summed E-state index contributed by atoms with van der Waals surface area (Å²) in [6.45, 7) is 1.90. The van der Waals surface area contributed by atoms with Crippen LogP contribution in [-0.2, 0) is 27.2 Å². The van der Waals surface area contributed by atoms with Crippen LogP contribution in [0.5, 0.6) is 0 Å². The minimum absolute atomic E-state index is 0.0248. The van der Waals surface area contributed by atoms with Gasteiger partial charge in [0.05, 0.1) is 6.61 Å². The fourth-order valence-electron chi connectivity index (χ4n) is 2.26. The van der Waals surface area contributed by atoms with E-state index in [0.29, 0.717) is 0 Å². The van der Waals surface area contributed by atoms with Crippen molar-refractivity contribution in [1.82, 2.24) is 5.32 Å². The number of fused-ring (bicyclic) bond motifs is 1. The Morgan fingerprint density at radius 1 is 1.33 bits per heavy atom. The Kier molecular flexibility index (Phi) is 3.97. The topological polar surface area (TPSA) is 55.4 Å². The Morgan fingerprint density at radius 3 is 2.78 bits per heavy atom. The molecule has 0 fully saturated rings. The summed E-state index contributed by atoms with van der Waals surface area (Å²) in [5.74, 6) is -1.43. The van der Waals surface area contributed by atoms with Gasteiger partial charge in [-0.15, -0.1) is 0 Å². The molecule has 0 saturated carbocycles. The molecule has 0 heterocycles. The van der Waals surface area contributed by atoms with Crippen LogP contribution >= 0.6 is 0 Å². The van der Waals surface area contributed by atoms with Crippen molar-refractivity contribution in [2.24, 2.45) is 0 Å². The zero-order valence-electron chi connectivity index (χ0n) is 10.4. The molecule has 96 valence electrons. The fraction of sp³-hybridized carbons (Fsp3) is 0.429. The lowest BCUT2D eigenvalue weighted by Gasteiger charge is -2.24. The van der Waals surface area contributed by atoms with Gasteiger partial charge in [-0.2, -0.15) is 0 Å². The van der Waals surface area contributed by atoms with Gasteiger partial charge >= 0.3 is 11.9 Å². The van der Waals surface area contributed by atoms with E-state index in [1.54, 1.807) is 6.92 Å². The van der Waals surface area contributed by atoms with Crippen molar-refractivity contribution in [3.05, 3.63) is 35.4 Å². The van der Waals surface area contributed by atoms with Crippen molar-refractivity contribution in [2.45, 2.75) is 32.2 Å². The zero-order valence-corrected chi connectivity index (χ0v) is 10.4. The molecular weight excluding hydrogens is 230 g/mol. The molecule has 4 heteroatoms. The highest BCUT2D eigenvalue weighted by Crippen LogP contribution is 2.20. The summed E-state index contributed by atoms with van der Waals surface area (Å²) in [7, 11) is 0. The molecule has 4 nitrogen and oxygen atoms in total. The first kappa shape index (κ1) is 12.6. The molecule has 1 aliphatic rings. The van der Waals surface area contributed by atoms with Gasteiger partial charge in [-0.05, 0) is 37.3 Å². The summed E-state index contributed by atoms with van der Waals surface area (Å²) < 4.78 is 4.66. The van der Waals surface area contributed by atoms with Crippen LogP contribution in [0.3, 0.4) is 0 Å². The number of nitrogens with one attached hydrogen (secondary N) is 1. The van der Waals surface area contributed by atoms with E-state index in [-0.39, 0.29) is 12.6 Å². The lowest BCUT2D eigenvalue weighted by molar-refractivity contribution is -0.154. The van der Waals surface area contributed by atoms with Gasteiger partial charge in [-0.3, -0.25) is 4.79 Å². The molecule has 1 aliphatic carbocycles. The third kappa shape index (κ3) is 2.88. The smallest absolute Gasteiger partial charge is 0.396 e. The van der Waals surface area contributed by atoms with Gasteiger partial charge in [-0.25, -0.2) is 4.79 Å². The van der Waals surface area contributed by atoms with Gasteiger partial charge in [-0.1, -0.05) is 24.3 Å². The van der Waals surface area contributed by atoms with E-state index in [0.717, 1.165) is 19.3 Å². The van der Waals surface area contributed by atoms with Crippen molar-refractivity contribution in [3.8, 4) is 0 Å². The summed E-state index contributed by atoms with van der Waals surface area (Å²) in [5.41, 5.74) is 2.58. The predicted molar refractivity (Wildman–Crippen MR) is 67.0 cm³/mol. The molecule has 0 aliphatic heterocycles. The number of aryl methyl sites for hydroxylation is 1. The summed E-state index contributed by atoms with van der Waals surface area (Å²) in [6.07, 6.45) is 2.58. The van der Waals surface area contributed by atoms with E-state index in [1.165, 1.54) is 11.1 Å². The number of esters is 1. The SMILES string of the molecule is CCOC(=O)C(=O)NC1CCc2ccccc2C1. The van der Waals surface area contributed by atoms with Crippen LogP contribution in [0, 0.1) is 0 Å². The molecule has 1 aromatic rings. The van der Waals surface area contributed by atoms with Crippen molar-refractivity contribution in [3.63, 3.8) is 0 Å². The van der Waals surface area contributed by atoms with Gasteiger partial charge in [0, 0.05) is 6.04 Å². The minimum Gasteiger partial charge on any atom is -0.459 e. The normalized spacial score (nSPS) is 17.7. The second-order valence-corrected chi connectivity index (χ2v) is 4.40. The average molecular weight is 247 g/mol. The second-order valence-electron chi connectivity index (χ2n) is 4.40. The largest absolute Gasteiger partial charge is 0.459 e. The van der Waals surface area contributed by atoms with E-state index >= 15 is 0 Å². The van der Waals surface area contributed by atoms with Crippen LogP contribution in [0.25, 0.3) is 0 Å². The molecule has 0 aromatic heterocycles. The molecule has 18 heavy (non-hydrogen) atoms. The van der Waals surface area contributed by atoms with Crippen LogP contribution in [-0.4, -0.2) is 24.5 Å². The Labute approximate surface area is 106 Å². The van der Waals surface area contributed by atoms with Gasteiger partial charge in [0.25, 0.3) is 0 Å². The van der Waals surface area contributed by atoms with Gasteiger partial charge in [0.1, 0.15) is 0 Å². The number of carbonyl (C=O) groups is 2. The predicted octanol–water partition coefficient (Wildman–Crippen LogP) is 1.22. The van der Waals surface area contributed by atoms with Gasteiger partial charge < -0.3 is 10.1 Å². The standard InChI is InChI=1S/C14H17NO3/c1-2-18-14(17)13(16)15-12-8-7-10-5-3-4-6-11(10)9-12/h3-6,12H,2,7-9H2,1H3,(H,15,16). The van der Waals surface area contributed by atoms with Crippen LogP contribution in [0.15, 0.2) is 24.3 Å². The number of rotatable bonds is 2. The van der Waals surface area contributed by atoms with Crippen molar-refractivity contribution in [2.75, 3.05) is 6.61 Å². The summed E-state index contributed by atoms with van der Waals surface area (Å²) in [4.78, 5) is 22.8. The number of hydrogen-bond donors (Lipinski definition) is 1. The van der Waals surface area contributed by atoms with E-state index in [9.17, 15) is 9.59 Å².